The highest BCUT2D eigenvalue weighted by Crippen LogP contribution is 2.22. The molecular formula is C11H14ClNO4S. The standard InChI is InChI=1S/C11H14ClNO4S/c1-3-17-7-11(14)13-10-5-4-9(6-8(10)2)18(12,15)16/h4-6H,3,7H2,1-2H3,(H,13,14). The quantitative estimate of drug-likeness (QED) is 0.841. The molecule has 100 valence electrons. The van der Waals surface area contributed by atoms with Gasteiger partial charge in [0.1, 0.15) is 6.61 Å². The van der Waals surface area contributed by atoms with Gasteiger partial charge in [0.05, 0.1) is 4.90 Å². The first-order chi connectivity index (χ1) is 8.34. The maximum atomic E-state index is 11.4. The monoisotopic (exact) mass is 291 g/mol. The van der Waals surface area contributed by atoms with Crippen LogP contribution in [0.25, 0.3) is 0 Å². The second-order valence-electron chi connectivity index (χ2n) is 3.60. The molecule has 0 unspecified atom stereocenters. The zero-order valence-corrected chi connectivity index (χ0v) is 11.6. The first-order valence-electron chi connectivity index (χ1n) is 5.27. The summed E-state index contributed by atoms with van der Waals surface area (Å²) in [4.78, 5) is 11.4. The zero-order chi connectivity index (χ0) is 13.8. The molecule has 0 bridgehead atoms. The fourth-order valence-electron chi connectivity index (χ4n) is 1.31. The molecule has 0 heterocycles. The van der Waals surface area contributed by atoms with Crippen LogP contribution in [0.1, 0.15) is 12.5 Å². The Labute approximate surface area is 111 Å². The smallest absolute Gasteiger partial charge is 0.261 e. The van der Waals surface area contributed by atoms with E-state index in [4.69, 9.17) is 15.4 Å². The third kappa shape index (κ3) is 4.29. The molecule has 1 aromatic carbocycles. The molecule has 0 spiro atoms. The normalized spacial score (nSPS) is 11.3. The molecule has 1 N–H and O–H groups in total. The van der Waals surface area contributed by atoms with Crippen LogP contribution in [0, 0.1) is 6.92 Å². The highest BCUT2D eigenvalue weighted by Gasteiger charge is 2.12. The van der Waals surface area contributed by atoms with Crippen LogP contribution in [0.4, 0.5) is 5.69 Å². The Kier molecular flexibility index (Phi) is 5.13. The van der Waals surface area contributed by atoms with Crippen molar-refractivity contribution in [2.24, 2.45) is 0 Å². The number of hydrogen-bond acceptors (Lipinski definition) is 4. The van der Waals surface area contributed by atoms with Crippen molar-refractivity contribution in [3.8, 4) is 0 Å². The number of hydrogen-bond donors (Lipinski definition) is 1. The first-order valence-corrected chi connectivity index (χ1v) is 7.58. The molecule has 0 aliphatic carbocycles. The summed E-state index contributed by atoms with van der Waals surface area (Å²) in [6.07, 6.45) is 0. The van der Waals surface area contributed by atoms with E-state index in [9.17, 15) is 13.2 Å². The molecule has 0 aromatic heterocycles. The van der Waals surface area contributed by atoms with Crippen LogP contribution in [-0.4, -0.2) is 27.5 Å². The third-order valence-corrected chi connectivity index (χ3v) is 3.54. The van der Waals surface area contributed by atoms with Gasteiger partial charge >= 0.3 is 0 Å². The number of rotatable bonds is 5. The van der Waals surface area contributed by atoms with Crippen molar-refractivity contribution in [1.29, 1.82) is 0 Å². The van der Waals surface area contributed by atoms with Gasteiger partial charge in [-0.1, -0.05) is 0 Å². The topological polar surface area (TPSA) is 72.5 Å². The number of carbonyl (C=O) groups is 1. The van der Waals surface area contributed by atoms with E-state index in [1.54, 1.807) is 13.8 Å². The Morgan fingerprint density at radius 2 is 2.11 bits per heavy atom. The molecular weight excluding hydrogens is 278 g/mol. The van der Waals surface area contributed by atoms with E-state index in [0.29, 0.717) is 17.9 Å². The Bertz CT molecular complexity index is 542. The van der Waals surface area contributed by atoms with Crippen molar-refractivity contribution in [1.82, 2.24) is 0 Å². The Morgan fingerprint density at radius 3 is 2.61 bits per heavy atom. The van der Waals surface area contributed by atoms with Crippen molar-refractivity contribution in [3.63, 3.8) is 0 Å². The van der Waals surface area contributed by atoms with Crippen LogP contribution in [0.3, 0.4) is 0 Å². The maximum absolute atomic E-state index is 11.4. The van der Waals surface area contributed by atoms with Gasteiger partial charge in [-0.15, -0.1) is 0 Å². The number of nitrogens with one attached hydrogen (secondary N) is 1. The minimum atomic E-state index is -3.75. The molecule has 0 atom stereocenters. The maximum Gasteiger partial charge on any atom is 0.261 e. The van der Waals surface area contributed by atoms with Gasteiger partial charge in [-0.05, 0) is 37.6 Å². The van der Waals surface area contributed by atoms with Gasteiger partial charge in [0.2, 0.25) is 5.91 Å². The second-order valence-corrected chi connectivity index (χ2v) is 6.17. The molecule has 0 aliphatic rings. The molecule has 1 rings (SSSR count). The van der Waals surface area contributed by atoms with Gasteiger partial charge in [0.15, 0.2) is 0 Å². The molecule has 18 heavy (non-hydrogen) atoms. The summed E-state index contributed by atoms with van der Waals surface area (Å²) in [5.74, 6) is -0.290. The van der Waals surface area contributed by atoms with Crippen molar-refractivity contribution < 1.29 is 17.9 Å². The van der Waals surface area contributed by atoms with Crippen LogP contribution in [0.5, 0.6) is 0 Å². The van der Waals surface area contributed by atoms with E-state index in [1.165, 1.54) is 18.2 Å². The van der Waals surface area contributed by atoms with Gasteiger partial charge in [0.25, 0.3) is 9.05 Å². The summed E-state index contributed by atoms with van der Waals surface area (Å²) in [5.41, 5.74) is 1.14. The highest BCUT2D eigenvalue weighted by molar-refractivity contribution is 8.13. The van der Waals surface area contributed by atoms with Gasteiger partial charge in [-0.3, -0.25) is 4.79 Å². The Morgan fingerprint density at radius 1 is 1.44 bits per heavy atom. The van der Waals surface area contributed by atoms with Crippen LogP contribution in [-0.2, 0) is 18.6 Å². The fourth-order valence-corrected chi connectivity index (χ4v) is 2.15. The SMILES string of the molecule is CCOCC(=O)Nc1ccc(S(=O)(=O)Cl)cc1C. The minimum Gasteiger partial charge on any atom is -0.372 e. The van der Waals surface area contributed by atoms with E-state index in [1.807, 2.05) is 0 Å². The molecule has 7 heteroatoms. The predicted octanol–water partition coefficient (Wildman–Crippen LogP) is 1.90. The predicted molar refractivity (Wildman–Crippen MR) is 69.3 cm³/mol. The first kappa shape index (κ1) is 14.9. The van der Waals surface area contributed by atoms with Crippen LogP contribution in [0.2, 0.25) is 0 Å². The lowest BCUT2D eigenvalue weighted by Gasteiger charge is -2.09. The van der Waals surface area contributed by atoms with Crippen LogP contribution < -0.4 is 5.32 Å². The summed E-state index contributed by atoms with van der Waals surface area (Å²) < 4.78 is 27.2. The summed E-state index contributed by atoms with van der Waals surface area (Å²) >= 11 is 0. The van der Waals surface area contributed by atoms with E-state index in [0.717, 1.165) is 0 Å². The minimum absolute atomic E-state index is 0.00414. The number of ether oxygens (including phenoxy) is 1. The Hall–Kier alpha value is -1.11. The van der Waals surface area contributed by atoms with Gasteiger partial charge in [-0.25, -0.2) is 8.42 Å². The number of benzene rings is 1. The van der Waals surface area contributed by atoms with Gasteiger partial charge in [0, 0.05) is 23.0 Å². The number of halogens is 1. The van der Waals surface area contributed by atoms with Crippen molar-refractivity contribution in [3.05, 3.63) is 23.8 Å². The van der Waals surface area contributed by atoms with E-state index >= 15 is 0 Å². The van der Waals surface area contributed by atoms with E-state index in [-0.39, 0.29) is 17.4 Å². The number of aryl methyl sites for hydroxylation is 1. The third-order valence-electron chi connectivity index (χ3n) is 2.19. The molecule has 1 amide bonds. The number of carbonyl (C=O) groups excluding carboxylic acids is 1. The van der Waals surface area contributed by atoms with Crippen molar-refractivity contribution in [2.45, 2.75) is 18.7 Å². The molecule has 0 fully saturated rings. The lowest BCUT2D eigenvalue weighted by Crippen LogP contribution is -2.18. The lowest BCUT2D eigenvalue weighted by atomic mass is 10.2. The lowest BCUT2D eigenvalue weighted by molar-refractivity contribution is -0.120. The fraction of sp³-hybridized carbons (Fsp3) is 0.364. The molecule has 0 aliphatic heterocycles. The number of anilines is 1. The summed E-state index contributed by atoms with van der Waals surface area (Å²) in [5, 5.41) is 2.62. The average Bonchev–Trinajstić information content (AvgIpc) is 2.27. The zero-order valence-electron chi connectivity index (χ0n) is 10.1. The van der Waals surface area contributed by atoms with Gasteiger partial charge < -0.3 is 10.1 Å². The molecule has 0 saturated heterocycles. The molecule has 0 saturated carbocycles. The van der Waals surface area contributed by atoms with Crippen LogP contribution in [0.15, 0.2) is 23.1 Å². The molecule has 5 nitrogen and oxygen atoms in total. The van der Waals surface area contributed by atoms with Gasteiger partial charge in [-0.2, -0.15) is 0 Å². The van der Waals surface area contributed by atoms with E-state index < -0.39 is 9.05 Å². The van der Waals surface area contributed by atoms with Crippen molar-refractivity contribution >= 4 is 31.3 Å². The largest absolute Gasteiger partial charge is 0.372 e. The molecule has 0 radical (unpaired) electrons. The highest BCUT2D eigenvalue weighted by atomic mass is 35.7. The van der Waals surface area contributed by atoms with E-state index in [2.05, 4.69) is 5.32 Å². The van der Waals surface area contributed by atoms with Crippen molar-refractivity contribution in [2.75, 3.05) is 18.5 Å². The van der Waals surface area contributed by atoms with Crippen LogP contribution >= 0.6 is 10.7 Å². The summed E-state index contributed by atoms with van der Waals surface area (Å²) in [7, 11) is 1.47. The second kappa shape index (κ2) is 6.17. The molecule has 1 aromatic rings. The summed E-state index contributed by atoms with van der Waals surface area (Å²) in [6, 6.07) is 4.23. The summed E-state index contributed by atoms with van der Waals surface area (Å²) in [6.45, 7) is 3.89. The Balaban J connectivity index is 2.84. The number of amides is 1. The average molecular weight is 292 g/mol.